The summed E-state index contributed by atoms with van der Waals surface area (Å²) in [6.45, 7) is 0. The topological polar surface area (TPSA) is 28.7 Å². The predicted octanol–water partition coefficient (Wildman–Crippen LogP) is 3.87. The van der Waals surface area contributed by atoms with Crippen LogP contribution >= 0.6 is 0 Å². The fourth-order valence-electron chi connectivity index (χ4n) is 1.80. The standard InChI is InChI=1S/C15H11FN2/c16-12-8-5-11(6-9-12)7-10-15-17-13-3-1-2-4-14(13)18-15/h1-10H,(H,17,18). The molecule has 0 fully saturated rings. The highest BCUT2D eigenvalue weighted by Crippen LogP contribution is 2.12. The van der Waals surface area contributed by atoms with Crippen LogP contribution in [-0.2, 0) is 0 Å². The number of halogens is 1. The van der Waals surface area contributed by atoms with Crippen molar-refractivity contribution in [2.24, 2.45) is 0 Å². The van der Waals surface area contributed by atoms with E-state index in [1.807, 2.05) is 36.4 Å². The molecule has 0 saturated heterocycles. The third kappa shape index (κ3) is 2.15. The Morgan fingerprint density at radius 2 is 1.72 bits per heavy atom. The first-order chi connectivity index (χ1) is 8.81. The lowest BCUT2D eigenvalue weighted by atomic mass is 10.2. The summed E-state index contributed by atoms with van der Waals surface area (Å²) in [7, 11) is 0. The van der Waals surface area contributed by atoms with E-state index in [1.165, 1.54) is 12.1 Å². The van der Waals surface area contributed by atoms with E-state index in [2.05, 4.69) is 9.97 Å². The van der Waals surface area contributed by atoms with Gasteiger partial charge < -0.3 is 4.98 Å². The highest BCUT2D eigenvalue weighted by Gasteiger charge is 1.97. The van der Waals surface area contributed by atoms with Crippen LogP contribution < -0.4 is 0 Å². The van der Waals surface area contributed by atoms with Gasteiger partial charge in [0.05, 0.1) is 11.0 Å². The summed E-state index contributed by atoms with van der Waals surface area (Å²) in [6, 6.07) is 14.2. The van der Waals surface area contributed by atoms with Gasteiger partial charge in [-0.3, -0.25) is 0 Å². The molecule has 0 radical (unpaired) electrons. The van der Waals surface area contributed by atoms with Crippen molar-refractivity contribution in [1.82, 2.24) is 9.97 Å². The molecule has 2 nitrogen and oxygen atoms in total. The first kappa shape index (κ1) is 10.7. The number of nitrogens with one attached hydrogen (secondary N) is 1. The molecule has 3 heteroatoms. The minimum absolute atomic E-state index is 0.226. The summed E-state index contributed by atoms with van der Waals surface area (Å²) in [5.74, 6) is 0.566. The largest absolute Gasteiger partial charge is 0.338 e. The van der Waals surface area contributed by atoms with E-state index in [1.54, 1.807) is 12.1 Å². The van der Waals surface area contributed by atoms with Crippen LogP contribution in [0.1, 0.15) is 11.4 Å². The molecule has 0 spiro atoms. The second kappa shape index (κ2) is 4.45. The Bertz CT molecular complexity index is 663. The quantitative estimate of drug-likeness (QED) is 0.721. The maximum atomic E-state index is 12.7. The number of para-hydroxylation sites is 2. The Morgan fingerprint density at radius 3 is 2.50 bits per heavy atom. The van der Waals surface area contributed by atoms with Crippen LogP contribution in [-0.4, -0.2) is 9.97 Å². The zero-order valence-corrected chi connectivity index (χ0v) is 9.60. The van der Waals surface area contributed by atoms with Gasteiger partial charge in [-0.2, -0.15) is 0 Å². The van der Waals surface area contributed by atoms with E-state index in [9.17, 15) is 4.39 Å². The molecular weight excluding hydrogens is 227 g/mol. The summed E-state index contributed by atoms with van der Waals surface area (Å²) < 4.78 is 12.7. The lowest BCUT2D eigenvalue weighted by Crippen LogP contribution is -1.76. The average Bonchev–Trinajstić information content (AvgIpc) is 2.81. The first-order valence-corrected chi connectivity index (χ1v) is 5.70. The van der Waals surface area contributed by atoms with E-state index in [0.717, 1.165) is 22.4 Å². The number of fused-ring (bicyclic) bond motifs is 1. The number of hydrogen-bond acceptors (Lipinski definition) is 1. The Kier molecular flexibility index (Phi) is 2.65. The van der Waals surface area contributed by atoms with Gasteiger partial charge in [-0.05, 0) is 35.9 Å². The SMILES string of the molecule is Fc1ccc(C=Cc2nc3ccccc3[nH]2)cc1. The molecule has 0 aliphatic rings. The van der Waals surface area contributed by atoms with E-state index in [4.69, 9.17) is 0 Å². The monoisotopic (exact) mass is 238 g/mol. The Hall–Kier alpha value is -2.42. The number of nitrogens with zero attached hydrogens (tertiary/aromatic N) is 1. The molecule has 2 aromatic carbocycles. The smallest absolute Gasteiger partial charge is 0.131 e. The van der Waals surface area contributed by atoms with Crippen molar-refractivity contribution < 1.29 is 4.39 Å². The van der Waals surface area contributed by atoms with Gasteiger partial charge >= 0.3 is 0 Å². The van der Waals surface area contributed by atoms with Gasteiger partial charge in [0.25, 0.3) is 0 Å². The summed E-state index contributed by atoms with van der Waals surface area (Å²) in [4.78, 5) is 7.63. The van der Waals surface area contributed by atoms with Crippen LogP contribution in [0.15, 0.2) is 48.5 Å². The Labute approximate surface area is 104 Å². The van der Waals surface area contributed by atoms with Crippen molar-refractivity contribution in [1.29, 1.82) is 0 Å². The molecule has 18 heavy (non-hydrogen) atoms. The second-order valence-corrected chi connectivity index (χ2v) is 4.02. The van der Waals surface area contributed by atoms with Crippen LogP contribution in [0.3, 0.4) is 0 Å². The number of imidazole rings is 1. The van der Waals surface area contributed by atoms with E-state index in [0.29, 0.717) is 0 Å². The number of aromatic nitrogens is 2. The third-order valence-corrected chi connectivity index (χ3v) is 2.71. The fraction of sp³-hybridized carbons (Fsp3) is 0. The van der Waals surface area contributed by atoms with Gasteiger partial charge in [0.2, 0.25) is 0 Å². The van der Waals surface area contributed by atoms with Gasteiger partial charge in [0.1, 0.15) is 11.6 Å². The lowest BCUT2D eigenvalue weighted by molar-refractivity contribution is 0.628. The molecule has 1 N–H and O–H groups in total. The highest BCUT2D eigenvalue weighted by atomic mass is 19.1. The van der Waals surface area contributed by atoms with Gasteiger partial charge in [-0.25, -0.2) is 9.37 Å². The third-order valence-electron chi connectivity index (χ3n) is 2.71. The van der Waals surface area contributed by atoms with Gasteiger partial charge in [-0.1, -0.05) is 30.3 Å². The molecule has 3 rings (SSSR count). The molecular formula is C15H11FN2. The molecule has 1 aromatic heterocycles. The van der Waals surface area contributed by atoms with Crippen molar-refractivity contribution >= 4 is 23.2 Å². The Balaban J connectivity index is 1.89. The maximum absolute atomic E-state index is 12.7. The number of H-pyrrole nitrogens is 1. The molecule has 3 aromatic rings. The van der Waals surface area contributed by atoms with Crippen molar-refractivity contribution in [2.75, 3.05) is 0 Å². The molecule has 0 aliphatic heterocycles. The van der Waals surface area contributed by atoms with Crippen LogP contribution in [0, 0.1) is 5.82 Å². The van der Waals surface area contributed by atoms with Gasteiger partial charge in [-0.15, -0.1) is 0 Å². The fourth-order valence-corrected chi connectivity index (χ4v) is 1.80. The number of benzene rings is 2. The number of rotatable bonds is 2. The van der Waals surface area contributed by atoms with E-state index < -0.39 is 0 Å². The summed E-state index contributed by atoms with van der Waals surface area (Å²) >= 11 is 0. The average molecular weight is 238 g/mol. The summed E-state index contributed by atoms with van der Waals surface area (Å²) in [6.07, 6.45) is 3.78. The molecule has 0 saturated carbocycles. The van der Waals surface area contributed by atoms with E-state index in [-0.39, 0.29) is 5.82 Å². The van der Waals surface area contributed by atoms with Crippen LogP contribution in [0.4, 0.5) is 4.39 Å². The molecule has 0 unspecified atom stereocenters. The van der Waals surface area contributed by atoms with Crippen LogP contribution in [0.2, 0.25) is 0 Å². The maximum Gasteiger partial charge on any atom is 0.131 e. The molecule has 1 heterocycles. The van der Waals surface area contributed by atoms with Crippen molar-refractivity contribution in [2.45, 2.75) is 0 Å². The van der Waals surface area contributed by atoms with Crippen LogP contribution in [0.25, 0.3) is 23.2 Å². The predicted molar refractivity (Wildman–Crippen MR) is 71.4 cm³/mol. The lowest BCUT2D eigenvalue weighted by Gasteiger charge is -1.91. The number of hydrogen-bond donors (Lipinski definition) is 1. The summed E-state index contributed by atoms with van der Waals surface area (Å²) in [5, 5.41) is 0. The molecule has 88 valence electrons. The minimum Gasteiger partial charge on any atom is -0.338 e. The minimum atomic E-state index is -0.226. The number of aromatic amines is 1. The zero-order valence-electron chi connectivity index (χ0n) is 9.60. The molecule has 0 amide bonds. The first-order valence-electron chi connectivity index (χ1n) is 5.70. The Morgan fingerprint density at radius 1 is 0.944 bits per heavy atom. The van der Waals surface area contributed by atoms with Crippen molar-refractivity contribution in [3.8, 4) is 0 Å². The molecule has 0 atom stereocenters. The zero-order chi connectivity index (χ0) is 12.4. The molecule has 0 aliphatic carbocycles. The normalized spacial score (nSPS) is 11.4. The van der Waals surface area contributed by atoms with Gasteiger partial charge in [0, 0.05) is 0 Å². The summed E-state index contributed by atoms with van der Waals surface area (Å²) in [5.41, 5.74) is 2.89. The highest BCUT2D eigenvalue weighted by molar-refractivity contribution is 5.78. The van der Waals surface area contributed by atoms with Gasteiger partial charge in [0.15, 0.2) is 0 Å². The van der Waals surface area contributed by atoms with Crippen molar-refractivity contribution in [3.05, 3.63) is 65.7 Å². The van der Waals surface area contributed by atoms with Crippen molar-refractivity contribution in [3.63, 3.8) is 0 Å². The second-order valence-electron chi connectivity index (χ2n) is 4.02. The molecule has 0 bridgehead atoms. The van der Waals surface area contributed by atoms with E-state index >= 15 is 0 Å². The van der Waals surface area contributed by atoms with Crippen LogP contribution in [0.5, 0.6) is 0 Å².